The first-order chi connectivity index (χ1) is 14.3. The Bertz CT molecular complexity index is 1030. The SMILES string of the molecule is O=C(c1nc(-c2ccccc2)n2c1CCCCC2)N1CCCSc2ccccc21. The second-order valence-electron chi connectivity index (χ2n) is 7.69. The number of hydrogen-bond acceptors (Lipinski definition) is 3. The van der Waals surface area contributed by atoms with Gasteiger partial charge in [-0.05, 0) is 43.6 Å². The zero-order chi connectivity index (χ0) is 19.6. The first-order valence-electron chi connectivity index (χ1n) is 10.5. The summed E-state index contributed by atoms with van der Waals surface area (Å²) in [6.45, 7) is 1.68. The van der Waals surface area contributed by atoms with Crippen molar-refractivity contribution >= 4 is 23.4 Å². The Hall–Kier alpha value is -2.53. The zero-order valence-electron chi connectivity index (χ0n) is 16.5. The van der Waals surface area contributed by atoms with Crippen molar-refractivity contribution in [3.05, 3.63) is 66.0 Å². The molecule has 29 heavy (non-hydrogen) atoms. The number of imidazole rings is 1. The van der Waals surface area contributed by atoms with Gasteiger partial charge in [0, 0.05) is 23.5 Å². The lowest BCUT2D eigenvalue weighted by atomic mass is 10.1. The molecule has 5 heteroatoms. The van der Waals surface area contributed by atoms with Crippen LogP contribution in [0, 0.1) is 0 Å². The number of rotatable bonds is 2. The van der Waals surface area contributed by atoms with Gasteiger partial charge < -0.3 is 9.47 Å². The molecule has 1 aromatic heterocycles. The summed E-state index contributed by atoms with van der Waals surface area (Å²) >= 11 is 1.84. The fourth-order valence-electron chi connectivity index (χ4n) is 4.36. The van der Waals surface area contributed by atoms with Gasteiger partial charge >= 0.3 is 0 Å². The molecule has 3 aromatic rings. The summed E-state index contributed by atoms with van der Waals surface area (Å²) in [4.78, 5) is 21.9. The molecule has 0 saturated heterocycles. The summed E-state index contributed by atoms with van der Waals surface area (Å²) in [6, 6.07) is 18.5. The molecule has 5 rings (SSSR count). The lowest BCUT2D eigenvalue weighted by Gasteiger charge is -2.22. The highest BCUT2D eigenvalue weighted by atomic mass is 32.2. The molecular weight excluding hydrogens is 378 g/mol. The third-order valence-corrected chi connectivity index (χ3v) is 6.94. The van der Waals surface area contributed by atoms with Crippen LogP contribution in [0.25, 0.3) is 11.4 Å². The Morgan fingerprint density at radius 1 is 0.897 bits per heavy atom. The molecule has 4 nitrogen and oxygen atoms in total. The number of anilines is 1. The first kappa shape index (κ1) is 18.5. The number of fused-ring (bicyclic) bond motifs is 2. The van der Waals surface area contributed by atoms with E-state index in [0.29, 0.717) is 5.69 Å². The largest absolute Gasteiger partial charge is 0.327 e. The molecule has 0 spiro atoms. The van der Waals surface area contributed by atoms with E-state index >= 15 is 0 Å². The van der Waals surface area contributed by atoms with Crippen LogP contribution in [0.3, 0.4) is 0 Å². The van der Waals surface area contributed by atoms with Gasteiger partial charge in [-0.3, -0.25) is 4.79 Å². The minimum Gasteiger partial charge on any atom is -0.327 e. The average molecular weight is 404 g/mol. The number of carbonyl (C=O) groups excluding carboxylic acids is 1. The number of nitrogens with zero attached hydrogens (tertiary/aromatic N) is 3. The fraction of sp³-hybridized carbons (Fsp3) is 0.333. The predicted molar refractivity (Wildman–Crippen MR) is 119 cm³/mol. The van der Waals surface area contributed by atoms with Crippen molar-refractivity contribution in [1.82, 2.24) is 9.55 Å². The average Bonchev–Trinajstić information content (AvgIpc) is 2.93. The lowest BCUT2D eigenvalue weighted by molar-refractivity contribution is 0.0981. The number of thioether (sulfide) groups is 1. The van der Waals surface area contributed by atoms with Crippen molar-refractivity contribution in [3.8, 4) is 11.4 Å². The number of aromatic nitrogens is 2. The van der Waals surface area contributed by atoms with Crippen LogP contribution in [-0.2, 0) is 13.0 Å². The Morgan fingerprint density at radius 2 is 1.72 bits per heavy atom. The summed E-state index contributed by atoms with van der Waals surface area (Å²) in [5.74, 6) is 2.02. The van der Waals surface area contributed by atoms with Crippen LogP contribution in [0.15, 0.2) is 59.5 Å². The molecule has 148 valence electrons. The van der Waals surface area contributed by atoms with Crippen molar-refractivity contribution in [2.75, 3.05) is 17.2 Å². The molecule has 2 aromatic carbocycles. The Balaban J connectivity index is 1.61. The number of carbonyl (C=O) groups is 1. The normalized spacial score (nSPS) is 16.5. The number of amides is 1. The summed E-state index contributed by atoms with van der Waals surface area (Å²) in [6.07, 6.45) is 5.37. The topological polar surface area (TPSA) is 38.1 Å². The maximum Gasteiger partial charge on any atom is 0.278 e. The van der Waals surface area contributed by atoms with Crippen molar-refractivity contribution in [2.24, 2.45) is 0 Å². The molecular formula is C24H25N3OS. The van der Waals surface area contributed by atoms with Gasteiger partial charge in [-0.15, -0.1) is 11.8 Å². The summed E-state index contributed by atoms with van der Waals surface area (Å²) in [7, 11) is 0. The van der Waals surface area contributed by atoms with Gasteiger partial charge in [0.05, 0.1) is 11.4 Å². The van der Waals surface area contributed by atoms with Crippen LogP contribution < -0.4 is 4.90 Å². The van der Waals surface area contributed by atoms with Crippen LogP contribution in [0.1, 0.15) is 41.9 Å². The van der Waals surface area contributed by atoms with Crippen molar-refractivity contribution in [2.45, 2.75) is 43.5 Å². The molecule has 0 radical (unpaired) electrons. The second-order valence-corrected chi connectivity index (χ2v) is 8.82. The Kier molecular flexibility index (Phi) is 5.15. The molecule has 0 fully saturated rings. The maximum atomic E-state index is 13.8. The number of para-hydroxylation sites is 1. The molecule has 3 heterocycles. The molecule has 2 aliphatic rings. The quantitative estimate of drug-likeness (QED) is 0.573. The smallest absolute Gasteiger partial charge is 0.278 e. The van der Waals surface area contributed by atoms with E-state index in [1.807, 2.05) is 40.9 Å². The molecule has 0 N–H and O–H groups in total. The van der Waals surface area contributed by atoms with Gasteiger partial charge in [0.1, 0.15) is 5.82 Å². The van der Waals surface area contributed by atoms with Crippen LogP contribution >= 0.6 is 11.8 Å². The van der Waals surface area contributed by atoms with Crippen molar-refractivity contribution < 1.29 is 4.79 Å². The summed E-state index contributed by atoms with van der Waals surface area (Å²) < 4.78 is 2.30. The minimum absolute atomic E-state index is 0.0489. The van der Waals surface area contributed by atoms with Crippen LogP contribution in [0.4, 0.5) is 5.69 Å². The minimum atomic E-state index is 0.0489. The molecule has 0 unspecified atom stereocenters. The van der Waals surface area contributed by atoms with Gasteiger partial charge in [-0.1, -0.05) is 48.9 Å². The standard InChI is InChI=1S/C24H25N3OS/c28-24(27-16-9-17-29-21-14-7-6-12-19(21)27)22-20-13-5-2-8-15-26(20)23(25-22)18-10-3-1-4-11-18/h1,3-4,6-7,10-12,14H,2,5,8-9,13,15-17H2. The Labute approximate surface area is 176 Å². The van der Waals surface area contributed by atoms with E-state index in [1.165, 1.54) is 11.3 Å². The van der Waals surface area contributed by atoms with Gasteiger partial charge in [-0.25, -0.2) is 4.98 Å². The molecule has 0 aliphatic carbocycles. The predicted octanol–water partition coefficient (Wildman–Crippen LogP) is 5.42. The molecule has 0 atom stereocenters. The highest BCUT2D eigenvalue weighted by molar-refractivity contribution is 7.99. The van der Waals surface area contributed by atoms with Gasteiger partial charge in [0.15, 0.2) is 5.69 Å². The number of hydrogen-bond donors (Lipinski definition) is 0. The highest BCUT2D eigenvalue weighted by Crippen LogP contribution is 2.35. The van der Waals surface area contributed by atoms with E-state index in [2.05, 4.69) is 34.9 Å². The van der Waals surface area contributed by atoms with E-state index < -0.39 is 0 Å². The van der Waals surface area contributed by atoms with E-state index in [-0.39, 0.29) is 5.91 Å². The van der Waals surface area contributed by atoms with Gasteiger partial charge in [-0.2, -0.15) is 0 Å². The Morgan fingerprint density at radius 3 is 2.62 bits per heavy atom. The lowest BCUT2D eigenvalue weighted by Crippen LogP contribution is -2.33. The summed E-state index contributed by atoms with van der Waals surface area (Å²) in [5, 5.41) is 0. The summed E-state index contributed by atoms with van der Waals surface area (Å²) in [5.41, 5.74) is 3.87. The van der Waals surface area contributed by atoms with Crippen LogP contribution in [-0.4, -0.2) is 27.8 Å². The van der Waals surface area contributed by atoms with Crippen LogP contribution in [0.2, 0.25) is 0 Å². The second kappa shape index (κ2) is 8.07. The van der Waals surface area contributed by atoms with Gasteiger partial charge in [0.25, 0.3) is 5.91 Å². The first-order valence-corrected chi connectivity index (χ1v) is 11.5. The van der Waals surface area contributed by atoms with E-state index in [9.17, 15) is 4.79 Å². The van der Waals surface area contributed by atoms with E-state index in [0.717, 1.165) is 67.3 Å². The van der Waals surface area contributed by atoms with E-state index in [4.69, 9.17) is 4.98 Å². The van der Waals surface area contributed by atoms with Crippen molar-refractivity contribution in [3.63, 3.8) is 0 Å². The van der Waals surface area contributed by atoms with E-state index in [1.54, 1.807) is 0 Å². The monoisotopic (exact) mass is 403 g/mol. The fourth-order valence-corrected chi connectivity index (χ4v) is 5.36. The zero-order valence-corrected chi connectivity index (χ0v) is 17.3. The van der Waals surface area contributed by atoms with Gasteiger partial charge in [0.2, 0.25) is 0 Å². The molecule has 0 bridgehead atoms. The molecule has 1 amide bonds. The third-order valence-electron chi connectivity index (χ3n) is 5.79. The molecule has 2 aliphatic heterocycles. The van der Waals surface area contributed by atoms with Crippen LogP contribution in [0.5, 0.6) is 0 Å². The number of benzene rings is 2. The highest BCUT2D eigenvalue weighted by Gasteiger charge is 2.29. The third kappa shape index (κ3) is 3.48. The molecule has 0 saturated carbocycles. The van der Waals surface area contributed by atoms with Crippen molar-refractivity contribution in [1.29, 1.82) is 0 Å². The maximum absolute atomic E-state index is 13.8.